The molecule has 2 aromatic carbocycles. The monoisotopic (exact) mass is 613 g/mol. The van der Waals surface area contributed by atoms with Crippen molar-refractivity contribution in [1.29, 1.82) is 0 Å². The molecule has 0 spiro atoms. The van der Waals surface area contributed by atoms with Crippen molar-refractivity contribution in [2.75, 3.05) is 47.1 Å². The number of ether oxygens (including phenoxy) is 3. The van der Waals surface area contributed by atoms with Crippen LogP contribution in [-0.2, 0) is 35.6 Å². The van der Waals surface area contributed by atoms with Crippen LogP contribution in [0.1, 0.15) is 17.3 Å². The lowest BCUT2D eigenvalue weighted by molar-refractivity contribution is -0.143. The van der Waals surface area contributed by atoms with Gasteiger partial charge in [0.15, 0.2) is 4.80 Å². The molecular formula is C24H28BrN3O7S2. The molecule has 0 aliphatic heterocycles. The van der Waals surface area contributed by atoms with Gasteiger partial charge >= 0.3 is 5.97 Å². The van der Waals surface area contributed by atoms with Crippen LogP contribution in [0, 0.1) is 0 Å². The first kappa shape index (κ1) is 29.1. The van der Waals surface area contributed by atoms with E-state index in [4.69, 9.17) is 14.2 Å². The molecule has 1 heterocycles. The third-order valence-corrected chi connectivity index (χ3v) is 8.71. The van der Waals surface area contributed by atoms with E-state index < -0.39 is 21.9 Å². The standard InChI is InChI=1S/C24H28BrN3O7S2/c1-4-35-22(29)16-28-20-10-7-18(25)15-21(20)36-24(28)26-23(30)17-5-8-19(9-6-17)37(31,32)27(11-13-33-2)12-14-34-3/h5-10,15H,4,11-14,16H2,1-3H3. The number of sulfonamides is 1. The van der Waals surface area contributed by atoms with Crippen LogP contribution in [-0.4, -0.2) is 76.3 Å². The van der Waals surface area contributed by atoms with Crippen molar-refractivity contribution in [3.63, 3.8) is 0 Å². The summed E-state index contributed by atoms with van der Waals surface area (Å²) in [5.74, 6) is -1.01. The fourth-order valence-corrected chi connectivity index (χ4v) is 6.42. The Labute approximate surface area is 227 Å². The number of thiazole rings is 1. The highest BCUT2D eigenvalue weighted by Gasteiger charge is 2.24. The molecule has 0 saturated carbocycles. The molecule has 13 heteroatoms. The number of hydrogen-bond donors (Lipinski definition) is 0. The highest BCUT2D eigenvalue weighted by atomic mass is 79.9. The molecule has 200 valence electrons. The van der Waals surface area contributed by atoms with Crippen LogP contribution in [0.3, 0.4) is 0 Å². The minimum Gasteiger partial charge on any atom is -0.465 e. The second kappa shape index (κ2) is 13.4. The zero-order chi connectivity index (χ0) is 27.0. The number of hydrogen-bond acceptors (Lipinski definition) is 8. The quantitative estimate of drug-likeness (QED) is 0.288. The zero-order valence-corrected chi connectivity index (χ0v) is 23.9. The average molecular weight is 615 g/mol. The van der Waals surface area contributed by atoms with Gasteiger partial charge in [-0.25, -0.2) is 8.42 Å². The van der Waals surface area contributed by atoms with E-state index in [0.717, 1.165) is 14.7 Å². The second-order valence-corrected chi connectivity index (χ2v) is 11.6. The Morgan fingerprint density at radius 2 is 1.70 bits per heavy atom. The minimum atomic E-state index is -3.82. The molecule has 0 radical (unpaired) electrons. The molecule has 0 bridgehead atoms. The number of esters is 1. The molecule has 0 aliphatic rings. The highest BCUT2D eigenvalue weighted by molar-refractivity contribution is 9.10. The van der Waals surface area contributed by atoms with Gasteiger partial charge in [0.1, 0.15) is 6.54 Å². The number of methoxy groups -OCH3 is 2. The van der Waals surface area contributed by atoms with Gasteiger partial charge < -0.3 is 18.8 Å². The van der Waals surface area contributed by atoms with Crippen LogP contribution < -0.4 is 4.80 Å². The Balaban J connectivity index is 1.93. The Hall–Kier alpha value is -2.42. The predicted molar refractivity (Wildman–Crippen MR) is 143 cm³/mol. The lowest BCUT2D eigenvalue weighted by atomic mass is 10.2. The zero-order valence-electron chi connectivity index (χ0n) is 20.7. The van der Waals surface area contributed by atoms with E-state index in [1.807, 2.05) is 18.2 Å². The minimum absolute atomic E-state index is 0.0420. The molecule has 0 fully saturated rings. The summed E-state index contributed by atoms with van der Waals surface area (Å²) in [6, 6.07) is 11.1. The molecule has 0 unspecified atom stereocenters. The third-order valence-electron chi connectivity index (χ3n) is 5.26. The molecular weight excluding hydrogens is 586 g/mol. The van der Waals surface area contributed by atoms with Crippen LogP contribution in [0.5, 0.6) is 0 Å². The van der Waals surface area contributed by atoms with Gasteiger partial charge in [0.25, 0.3) is 5.91 Å². The Morgan fingerprint density at radius 1 is 1.05 bits per heavy atom. The first-order valence-corrected chi connectivity index (χ1v) is 14.4. The van der Waals surface area contributed by atoms with Crippen LogP contribution in [0.25, 0.3) is 10.2 Å². The maximum absolute atomic E-state index is 13.1. The molecule has 1 amide bonds. The molecule has 3 aromatic rings. The Morgan fingerprint density at radius 3 is 2.30 bits per heavy atom. The van der Waals surface area contributed by atoms with Crippen LogP contribution in [0.15, 0.2) is 56.8 Å². The van der Waals surface area contributed by atoms with E-state index in [9.17, 15) is 18.0 Å². The lowest BCUT2D eigenvalue weighted by Gasteiger charge is -2.21. The maximum atomic E-state index is 13.1. The van der Waals surface area contributed by atoms with E-state index in [-0.39, 0.29) is 49.9 Å². The summed E-state index contributed by atoms with van der Waals surface area (Å²) in [6.45, 7) is 2.66. The van der Waals surface area contributed by atoms with Gasteiger partial charge in [-0.1, -0.05) is 27.3 Å². The van der Waals surface area contributed by atoms with Gasteiger partial charge in [-0.15, -0.1) is 0 Å². The summed E-state index contributed by atoms with van der Waals surface area (Å²) in [6.07, 6.45) is 0. The van der Waals surface area contributed by atoms with Crippen molar-refractivity contribution < 1.29 is 32.2 Å². The van der Waals surface area contributed by atoms with Gasteiger partial charge in [-0.05, 0) is 49.4 Å². The number of halogens is 1. The summed E-state index contributed by atoms with van der Waals surface area (Å²) in [5.41, 5.74) is 0.946. The van der Waals surface area contributed by atoms with Gasteiger partial charge in [0.05, 0.1) is 34.9 Å². The summed E-state index contributed by atoms with van der Waals surface area (Å²) in [4.78, 5) is 29.8. The van der Waals surface area contributed by atoms with E-state index in [1.165, 1.54) is 54.1 Å². The summed E-state index contributed by atoms with van der Waals surface area (Å²) in [5, 5.41) is 0. The van der Waals surface area contributed by atoms with Gasteiger partial charge in [0.2, 0.25) is 10.0 Å². The number of aromatic nitrogens is 1. The number of carbonyl (C=O) groups is 2. The van der Waals surface area contributed by atoms with Crippen molar-refractivity contribution in [2.45, 2.75) is 18.4 Å². The lowest BCUT2D eigenvalue weighted by Crippen LogP contribution is -2.36. The second-order valence-electron chi connectivity index (χ2n) is 7.72. The van der Waals surface area contributed by atoms with E-state index >= 15 is 0 Å². The SMILES string of the molecule is CCOC(=O)Cn1c(=NC(=O)c2ccc(S(=O)(=O)N(CCOC)CCOC)cc2)sc2cc(Br)ccc21. The van der Waals surface area contributed by atoms with Gasteiger partial charge in [0, 0.05) is 37.3 Å². The molecule has 0 saturated heterocycles. The smallest absolute Gasteiger partial charge is 0.326 e. The normalized spacial score (nSPS) is 12.4. The van der Waals surface area contributed by atoms with Crippen molar-refractivity contribution >= 4 is 59.4 Å². The predicted octanol–water partition coefficient (Wildman–Crippen LogP) is 3.05. The van der Waals surface area contributed by atoms with Gasteiger partial charge in [-0.2, -0.15) is 9.30 Å². The fourth-order valence-electron chi connectivity index (χ4n) is 3.43. The van der Waals surface area contributed by atoms with Crippen molar-refractivity contribution in [2.24, 2.45) is 4.99 Å². The summed E-state index contributed by atoms with van der Waals surface area (Å²) in [7, 11) is -0.827. The van der Waals surface area contributed by atoms with Gasteiger partial charge in [-0.3, -0.25) is 9.59 Å². The molecule has 10 nitrogen and oxygen atoms in total. The number of carbonyl (C=O) groups excluding carboxylic acids is 2. The van der Waals surface area contributed by atoms with Crippen molar-refractivity contribution in [1.82, 2.24) is 8.87 Å². The Kier molecular flexibility index (Phi) is 10.6. The average Bonchev–Trinajstić information content (AvgIpc) is 3.19. The third kappa shape index (κ3) is 7.33. The van der Waals surface area contributed by atoms with Crippen LogP contribution >= 0.6 is 27.3 Å². The number of benzene rings is 2. The van der Waals surface area contributed by atoms with E-state index in [0.29, 0.717) is 4.80 Å². The summed E-state index contributed by atoms with van der Waals surface area (Å²) < 4.78 is 45.9. The topological polar surface area (TPSA) is 117 Å². The number of fused-ring (bicyclic) bond motifs is 1. The van der Waals surface area contributed by atoms with E-state index in [1.54, 1.807) is 11.5 Å². The largest absolute Gasteiger partial charge is 0.465 e. The van der Waals surface area contributed by atoms with Crippen LogP contribution in [0.2, 0.25) is 0 Å². The Bertz CT molecular complexity index is 1410. The van der Waals surface area contributed by atoms with Crippen molar-refractivity contribution in [3.8, 4) is 0 Å². The first-order chi connectivity index (χ1) is 17.7. The number of nitrogens with zero attached hydrogens (tertiary/aromatic N) is 3. The number of rotatable bonds is 12. The maximum Gasteiger partial charge on any atom is 0.326 e. The molecule has 3 rings (SSSR count). The molecule has 0 aliphatic carbocycles. The van der Waals surface area contributed by atoms with E-state index in [2.05, 4.69) is 20.9 Å². The summed E-state index contributed by atoms with van der Waals surface area (Å²) >= 11 is 4.69. The number of amides is 1. The molecule has 0 N–H and O–H groups in total. The first-order valence-electron chi connectivity index (χ1n) is 11.3. The molecule has 37 heavy (non-hydrogen) atoms. The highest BCUT2D eigenvalue weighted by Crippen LogP contribution is 2.23. The van der Waals surface area contributed by atoms with Crippen molar-refractivity contribution in [3.05, 3.63) is 57.3 Å². The molecule has 0 atom stereocenters. The van der Waals surface area contributed by atoms with Crippen LogP contribution in [0.4, 0.5) is 0 Å². The molecule has 1 aromatic heterocycles. The fraction of sp³-hybridized carbons (Fsp3) is 0.375.